The molecule has 130 valence electrons. The normalized spacial score (nSPS) is 33.3. The highest BCUT2D eigenvalue weighted by atomic mass is 16.4. The monoisotopic (exact) mass is 322 g/mol. The first kappa shape index (κ1) is 16.7. The standard InChI is InChI=1S/C18H30N2O3/c1-12(13-6-8-19-9-7-13)10-17(21)20-15-5-3-2-4-14(15)11-16(20)18(22)23/h12-16,19H,2-11H2,1H3,(H,22,23). The Hall–Kier alpha value is -1.10. The Balaban J connectivity index is 1.66. The molecule has 3 fully saturated rings. The summed E-state index contributed by atoms with van der Waals surface area (Å²) >= 11 is 0. The summed E-state index contributed by atoms with van der Waals surface area (Å²) in [5, 5.41) is 12.9. The Morgan fingerprint density at radius 2 is 1.87 bits per heavy atom. The molecule has 4 atom stereocenters. The molecule has 2 saturated heterocycles. The van der Waals surface area contributed by atoms with Gasteiger partial charge in [-0.15, -0.1) is 0 Å². The molecule has 5 heteroatoms. The van der Waals surface area contributed by atoms with E-state index >= 15 is 0 Å². The maximum atomic E-state index is 12.9. The third-order valence-corrected chi connectivity index (χ3v) is 6.35. The van der Waals surface area contributed by atoms with E-state index < -0.39 is 12.0 Å². The highest BCUT2D eigenvalue weighted by molar-refractivity contribution is 5.85. The molecule has 1 amide bonds. The molecule has 3 rings (SSSR count). The van der Waals surface area contributed by atoms with E-state index in [1.54, 1.807) is 4.90 Å². The molecule has 1 saturated carbocycles. The van der Waals surface area contributed by atoms with Crippen LogP contribution in [0.4, 0.5) is 0 Å². The Morgan fingerprint density at radius 3 is 2.57 bits per heavy atom. The second-order valence-corrected chi connectivity index (χ2v) is 7.77. The van der Waals surface area contributed by atoms with E-state index in [1.165, 1.54) is 6.42 Å². The third kappa shape index (κ3) is 3.54. The van der Waals surface area contributed by atoms with Gasteiger partial charge in [-0.2, -0.15) is 0 Å². The van der Waals surface area contributed by atoms with Crippen molar-refractivity contribution in [2.24, 2.45) is 17.8 Å². The molecule has 2 aliphatic heterocycles. The van der Waals surface area contributed by atoms with Gasteiger partial charge in [0.05, 0.1) is 0 Å². The first-order chi connectivity index (χ1) is 11.1. The number of fused-ring (bicyclic) bond motifs is 1. The molecule has 0 aromatic rings. The Kier molecular flexibility index (Phi) is 5.24. The second kappa shape index (κ2) is 7.20. The van der Waals surface area contributed by atoms with Crippen molar-refractivity contribution in [3.63, 3.8) is 0 Å². The van der Waals surface area contributed by atoms with Crippen molar-refractivity contribution in [3.8, 4) is 0 Å². The molecule has 4 unspecified atom stereocenters. The van der Waals surface area contributed by atoms with Gasteiger partial charge in [-0.25, -0.2) is 4.79 Å². The number of amides is 1. The largest absolute Gasteiger partial charge is 0.480 e. The van der Waals surface area contributed by atoms with Gasteiger partial charge in [0.25, 0.3) is 0 Å². The molecule has 0 aromatic heterocycles. The highest BCUT2D eigenvalue weighted by Gasteiger charge is 2.47. The number of aliphatic carboxylic acids is 1. The Morgan fingerprint density at radius 1 is 1.17 bits per heavy atom. The number of carbonyl (C=O) groups is 2. The zero-order valence-electron chi connectivity index (χ0n) is 14.2. The van der Waals surface area contributed by atoms with E-state index in [0.29, 0.717) is 30.6 Å². The highest BCUT2D eigenvalue weighted by Crippen LogP contribution is 2.40. The predicted molar refractivity (Wildman–Crippen MR) is 88.0 cm³/mol. The number of carboxylic acids is 1. The third-order valence-electron chi connectivity index (χ3n) is 6.35. The van der Waals surface area contributed by atoms with Crippen LogP contribution >= 0.6 is 0 Å². The molecule has 3 aliphatic rings. The van der Waals surface area contributed by atoms with Crippen LogP contribution in [0.3, 0.4) is 0 Å². The average Bonchev–Trinajstić information content (AvgIpc) is 2.95. The summed E-state index contributed by atoms with van der Waals surface area (Å²) in [6.45, 7) is 4.24. The number of nitrogens with one attached hydrogen (secondary N) is 1. The van der Waals surface area contributed by atoms with E-state index in [0.717, 1.165) is 45.2 Å². The minimum Gasteiger partial charge on any atom is -0.480 e. The van der Waals surface area contributed by atoms with Crippen LogP contribution < -0.4 is 5.32 Å². The van der Waals surface area contributed by atoms with Gasteiger partial charge in [0, 0.05) is 12.5 Å². The molecule has 5 nitrogen and oxygen atoms in total. The topological polar surface area (TPSA) is 69.6 Å². The summed E-state index contributed by atoms with van der Waals surface area (Å²) in [7, 11) is 0. The van der Waals surface area contributed by atoms with E-state index in [4.69, 9.17) is 0 Å². The van der Waals surface area contributed by atoms with Crippen LogP contribution in [0.1, 0.15) is 58.3 Å². The maximum Gasteiger partial charge on any atom is 0.326 e. The van der Waals surface area contributed by atoms with Crippen LogP contribution in [0, 0.1) is 17.8 Å². The molecule has 0 spiro atoms. The predicted octanol–water partition coefficient (Wildman–Crippen LogP) is 2.26. The van der Waals surface area contributed by atoms with Gasteiger partial charge in [-0.3, -0.25) is 4.79 Å². The van der Waals surface area contributed by atoms with Gasteiger partial charge >= 0.3 is 5.97 Å². The van der Waals surface area contributed by atoms with Gasteiger partial charge in [-0.1, -0.05) is 19.8 Å². The lowest BCUT2D eigenvalue weighted by Gasteiger charge is -2.35. The van der Waals surface area contributed by atoms with E-state index in [9.17, 15) is 14.7 Å². The fourth-order valence-corrected chi connectivity index (χ4v) is 5.00. The summed E-state index contributed by atoms with van der Waals surface area (Å²) in [4.78, 5) is 26.3. The summed E-state index contributed by atoms with van der Waals surface area (Å²) in [6.07, 6.45) is 7.81. The number of piperidine rings is 1. The SMILES string of the molecule is CC(CC(=O)N1C(C(=O)O)CC2CCCCC21)C1CCNCC1. The van der Waals surface area contributed by atoms with Crippen LogP contribution in [0.15, 0.2) is 0 Å². The molecular formula is C18H30N2O3. The Bertz CT molecular complexity index is 448. The fraction of sp³-hybridized carbons (Fsp3) is 0.889. The first-order valence-corrected chi connectivity index (χ1v) is 9.32. The van der Waals surface area contributed by atoms with Crippen LogP contribution in [-0.4, -0.2) is 47.1 Å². The molecule has 0 bridgehead atoms. The zero-order valence-corrected chi connectivity index (χ0v) is 14.2. The molecular weight excluding hydrogens is 292 g/mol. The van der Waals surface area contributed by atoms with Crippen LogP contribution in [0.2, 0.25) is 0 Å². The number of nitrogens with zero attached hydrogens (tertiary/aromatic N) is 1. The molecule has 1 aliphatic carbocycles. The van der Waals surface area contributed by atoms with Crippen LogP contribution in [0.5, 0.6) is 0 Å². The number of hydrogen-bond donors (Lipinski definition) is 2. The molecule has 2 heterocycles. The number of carboxylic acid groups (broad SMARTS) is 1. The van der Waals surface area contributed by atoms with Crippen molar-refractivity contribution < 1.29 is 14.7 Å². The number of likely N-dealkylation sites (tertiary alicyclic amines) is 1. The van der Waals surface area contributed by atoms with Crippen molar-refractivity contribution in [2.45, 2.75) is 70.4 Å². The van der Waals surface area contributed by atoms with E-state index in [-0.39, 0.29) is 11.9 Å². The van der Waals surface area contributed by atoms with Gasteiger partial charge in [0.2, 0.25) is 5.91 Å². The van der Waals surface area contributed by atoms with Gasteiger partial charge in [0.1, 0.15) is 6.04 Å². The van der Waals surface area contributed by atoms with Crippen LogP contribution in [-0.2, 0) is 9.59 Å². The summed E-state index contributed by atoms with van der Waals surface area (Å²) in [5.41, 5.74) is 0. The van der Waals surface area contributed by atoms with Crippen molar-refractivity contribution in [2.75, 3.05) is 13.1 Å². The van der Waals surface area contributed by atoms with Crippen molar-refractivity contribution >= 4 is 11.9 Å². The van der Waals surface area contributed by atoms with Gasteiger partial charge < -0.3 is 15.3 Å². The zero-order chi connectivity index (χ0) is 16.4. The minimum absolute atomic E-state index is 0.0813. The molecule has 0 radical (unpaired) electrons. The molecule has 23 heavy (non-hydrogen) atoms. The lowest BCUT2D eigenvalue weighted by atomic mass is 9.83. The van der Waals surface area contributed by atoms with Crippen molar-refractivity contribution in [1.82, 2.24) is 10.2 Å². The quantitative estimate of drug-likeness (QED) is 0.833. The summed E-state index contributed by atoms with van der Waals surface area (Å²) in [6, 6.07) is -0.409. The van der Waals surface area contributed by atoms with Crippen molar-refractivity contribution in [3.05, 3.63) is 0 Å². The van der Waals surface area contributed by atoms with Gasteiger partial charge in [0.15, 0.2) is 0 Å². The molecule has 2 N–H and O–H groups in total. The Labute approximate surface area is 138 Å². The maximum absolute atomic E-state index is 12.9. The minimum atomic E-state index is -0.817. The number of rotatable bonds is 4. The van der Waals surface area contributed by atoms with Crippen LogP contribution in [0.25, 0.3) is 0 Å². The smallest absolute Gasteiger partial charge is 0.326 e. The lowest BCUT2D eigenvalue weighted by molar-refractivity contribution is -0.150. The number of carbonyl (C=O) groups excluding carboxylic acids is 1. The van der Waals surface area contributed by atoms with E-state index in [2.05, 4.69) is 12.2 Å². The first-order valence-electron chi connectivity index (χ1n) is 9.32. The lowest BCUT2D eigenvalue weighted by Crippen LogP contribution is -2.47. The number of hydrogen-bond acceptors (Lipinski definition) is 3. The fourth-order valence-electron chi connectivity index (χ4n) is 5.00. The van der Waals surface area contributed by atoms with Gasteiger partial charge in [-0.05, 0) is 62.9 Å². The average molecular weight is 322 g/mol. The summed E-state index contributed by atoms with van der Waals surface area (Å²) < 4.78 is 0. The van der Waals surface area contributed by atoms with E-state index in [1.807, 2.05) is 0 Å². The van der Waals surface area contributed by atoms with Crippen molar-refractivity contribution in [1.29, 1.82) is 0 Å². The second-order valence-electron chi connectivity index (χ2n) is 7.77. The molecule has 0 aromatic carbocycles. The summed E-state index contributed by atoms with van der Waals surface area (Å²) in [5.74, 6) is 0.609.